The SMILES string of the molecule is Fc1cc(-c2ccccc2C(F)(F)F)cc(-c2ccccc2C(F)(F)F)c1. The van der Waals surface area contributed by atoms with Gasteiger partial charge in [0.05, 0.1) is 11.1 Å². The number of halogens is 7. The van der Waals surface area contributed by atoms with E-state index in [1.165, 1.54) is 24.3 Å². The summed E-state index contributed by atoms with van der Waals surface area (Å²) in [6, 6.07) is 11.9. The Labute approximate surface area is 149 Å². The number of rotatable bonds is 2. The Morgan fingerprint density at radius 2 is 0.889 bits per heavy atom. The van der Waals surface area contributed by atoms with Gasteiger partial charge in [-0.15, -0.1) is 0 Å². The number of alkyl halides is 6. The molecule has 0 saturated carbocycles. The summed E-state index contributed by atoms with van der Waals surface area (Å²) in [7, 11) is 0. The molecule has 3 aromatic carbocycles. The van der Waals surface area contributed by atoms with Gasteiger partial charge in [0.1, 0.15) is 5.82 Å². The minimum absolute atomic E-state index is 0.157. The maximum atomic E-state index is 14.1. The lowest BCUT2D eigenvalue weighted by molar-refractivity contribution is -0.137. The van der Waals surface area contributed by atoms with Crippen LogP contribution in [0.3, 0.4) is 0 Å². The van der Waals surface area contributed by atoms with Gasteiger partial charge in [0.25, 0.3) is 0 Å². The summed E-state index contributed by atoms with van der Waals surface area (Å²) in [6.07, 6.45) is -9.38. The molecule has 0 atom stereocenters. The van der Waals surface area contributed by atoms with E-state index in [1.807, 2.05) is 0 Å². The summed E-state index contributed by atoms with van der Waals surface area (Å²) in [4.78, 5) is 0. The fraction of sp³-hybridized carbons (Fsp3) is 0.100. The van der Waals surface area contributed by atoms with Crippen molar-refractivity contribution in [3.63, 3.8) is 0 Å². The van der Waals surface area contributed by atoms with Gasteiger partial charge in [0.15, 0.2) is 0 Å². The summed E-state index contributed by atoms with van der Waals surface area (Å²) in [6.45, 7) is 0. The molecule has 0 spiro atoms. The second-order valence-electron chi connectivity index (χ2n) is 5.82. The van der Waals surface area contributed by atoms with Crippen LogP contribution in [0.25, 0.3) is 22.3 Å². The Morgan fingerprint density at radius 1 is 0.519 bits per heavy atom. The third-order valence-electron chi connectivity index (χ3n) is 3.98. The molecule has 0 heterocycles. The normalized spacial score (nSPS) is 12.3. The Hall–Kier alpha value is -2.83. The fourth-order valence-corrected chi connectivity index (χ4v) is 2.86. The van der Waals surface area contributed by atoms with Gasteiger partial charge in [-0.3, -0.25) is 0 Å². The van der Waals surface area contributed by atoms with E-state index in [-0.39, 0.29) is 22.3 Å². The largest absolute Gasteiger partial charge is 0.417 e. The zero-order valence-electron chi connectivity index (χ0n) is 13.5. The maximum absolute atomic E-state index is 14.1. The second kappa shape index (κ2) is 6.72. The van der Waals surface area contributed by atoms with Crippen LogP contribution < -0.4 is 0 Å². The molecule has 0 fully saturated rings. The van der Waals surface area contributed by atoms with Crippen LogP contribution >= 0.6 is 0 Å². The monoisotopic (exact) mass is 384 g/mol. The molecular weight excluding hydrogens is 373 g/mol. The minimum Gasteiger partial charge on any atom is -0.207 e. The van der Waals surface area contributed by atoms with Crippen LogP contribution in [0.2, 0.25) is 0 Å². The van der Waals surface area contributed by atoms with E-state index < -0.39 is 29.3 Å². The van der Waals surface area contributed by atoms with Gasteiger partial charge in [-0.1, -0.05) is 36.4 Å². The van der Waals surface area contributed by atoms with Gasteiger partial charge in [-0.2, -0.15) is 26.3 Å². The summed E-state index contributed by atoms with van der Waals surface area (Å²) in [5.74, 6) is -0.934. The van der Waals surface area contributed by atoms with Crippen molar-refractivity contribution in [2.24, 2.45) is 0 Å². The molecule has 0 saturated heterocycles. The predicted octanol–water partition coefficient (Wildman–Crippen LogP) is 7.20. The van der Waals surface area contributed by atoms with Gasteiger partial charge >= 0.3 is 12.4 Å². The van der Waals surface area contributed by atoms with Crippen LogP contribution in [0, 0.1) is 5.82 Å². The van der Waals surface area contributed by atoms with Crippen LogP contribution in [0.15, 0.2) is 66.7 Å². The van der Waals surface area contributed by atoms with Crippen LogP contribution in [-0.4, -0.2) is 0 Å². The molecule has 3 aromatic rings. The first-order chi connectivity index (χ1) is 12.6. The van der Waals surface area contributed by atoms with Crippen molar-refractivity contribution in [2.45, 2.75) is 12.4 Å². The molecule has 0 amide bonds. The molecule has 27 heavy (non-hydrogen) atoms. The first-order valence-electron chi connectivity index (χ1n) is 7.71. The summed E-state index contributed by atoms with van der Waals surface area (Å²) in [5, 5.41) is 0. The van der Waals surface area contributed by atoms with Gasteiger partial charge in [-0.05, 0) is 52.6 Å². The second-order valence-corrected chi connectivity index (χ2v) is 5.82. The van der Waals surface area contributed by atoms with E-state index in [9.17, 15) is 30.7 Å². The molecule has 0 nitrogen and oxygen atoms in total. The molecule has 140 valence electrons. The summed E-state index contributed by atoms with van der Waals surface area (Å²) >= 11 is 0. The third-order valence-corrected chi connectivity index (χ3v) is 3.98. The fourth-order valence-electron chi connectivity index (χ4n) is 2.86. The highest BCUT2D eigenvalue weighted by Gasteiger charge is 2.35. The molecule has 0 bridgehead atoms. The van der Waals surface area contributed by atoms with E-state index in [1.54, 1.807) is 0 Å². The van der Waals surface area contributed by atoms with Crippen LogP contribution in [0.1, 0.15) is 11.1 Å². The Bertz CT molecular complexity index is 893. The number of hydrogen-bond acceptors (Lipinski definition) is 0. The predicted molar refractivity (Wildman–Crippen MR) is 87.3 cm³/mol. The first kappa shape index (κ1) is 18.9. The van der Waals surface area contributed by atoms with E-state index in [0.29, 0.717) is 0 Å². The highest BCUT2D eigenvalue weighted by Crippen LogP contribution is 2.41. The van der Waals surface area contributed by atoms with Crippen molar-refractivity contribution in [3.05, 3.63) is 83.7 Å². The van der Waals surface area contributed by atoms with Crippen molar-refractivity contribution >= 4 is 0 Å². The molecule has 0 aliphatic rings. The quantitative estimate of drug-likeness (QED) is 0.410. The number of hydrogen-bond donors (Lipinski definition) is 0. The zero-order chi connectivity index (χ0) is 19.8. The molecule has 3 rings (SSSR count). The van der Waals surface area contributed by atoms with Crippen molar-refractivity contribution < 1.29 is 30.7 Å². The Morgan fingerprint density at radius 3 is 1.26 bits per heavy atom. The first-order valence-corrected chi connectivity index (χ1v) is 7.71. The lowest BCUT2D eigenvalue weighted by Crippen LogP contribution is -2.08. The molecule has 0 radical (unpaired) electrons. The molecule has 0 aliphatic carbocycles. The average Bonchev–Trinajstić information content (AvgIpc) is 2.60. The summed E-state index contributed by atoms with van der Waals surface area (Å²) in [5.41, 5.74) is -2.92. The van der Waals surface area contributed by atoms with E-state index in [4.69, 9.17) is 0 Å². The van der Waals surface area contributed by atoms with E-state index >= 15 is 0 Å². The lowest BCUT2D eigenvalue weighted by atomic mass is 9.93. The molecule has 7 heteroatoms. The van der Waals surface area contributed by atoms with Crippen molar-refractivity contribution in [2.75, 3.05) is 0 Å². The molecule has 0 unspecified atom stereocenters. The van der Waals surface area contributed by atoms with Gasteiger partial charge in [-0.25, -0.2) is 4.39 Å². The smallest absolute Gasteiger partial charge is 0.207 e. The Kier molecular flexibility index (Phi) is 4.71. The zero-order valence-corrected chi connectivity index (χ0v) is 13.5. The number of benzene rings is 3. The van der Waals surface area contributed by atoms with Crippen molar-refractivity contribution in [1.82, 2.24) is 0 Å². The highest BCUT2D eigenvalue weighted by atomic mass is 19.4. The van der Waals surface area contributed by atoms with E-state index in [0.717, 1.165) is 42.5 Å². The molecule has 0 aliphatic heterocycles. The summed E-state index contributed by atoms with van der Waals surface area (Å²) < 4.78 is 93.5. The van der Waals surface area contributed by atoms with Gasteiger partial charge in [0, 0.05) is 0 Å². The van der Waals surface area contributed by atoms with Crippen LogP contribution in [0.5, 0.6) is 0 Å². The van der Waals surface area contributed by atoms with Gasteiger partial charge < -0.3 is 0 Å². The standard InChI is InChI=1S/C20H11F7/c21-14-10-12(15-5-1-3-7-17(15)19(22,23)24)9-13(11-14)16-6-2-4-8-18(16)20(25,26)27/h1-11H. The Balaban J connectivity index is 2.23. The van der Waals surface area contributed by atoms with Crippen molar-refractivity contribution in [1.29, 1.82) is 0 Å². The van der Waals surface area contributed by atoms with E-state index in [2.05, 4.69) is 0 Å². The minimum atomic E-state index is -4.69. The molecule has 0 aromatic heterocycles. The third kappa shape index (κ3) is 3.97. The molecular formula is C20H11F7. The van der Waals surface area contributed by atoms with Crippen LogP contribution in [-0.2, 0) is 12.4 Å². The lowest BCUT2D eigenvalue weighted by Gasteiger charge is -2.16. The highest BCUT2D eigenvalue weighted by molar-refractivity contribution is 5.77. The van der Waals surface area contributed by atoms with Crippen LogP contribution in [0.4, 0.5) is 30.7 Å². The van der Waals surface area contributed by atoms with Crippen molar-refractivity contribution in [3.8, 4) is 22.3 Å². The van der Waals surface area contributed by atoms with Gasteiger partial charge in [0.2, 0.25) is 0 Å². The topological polar surface area (TPSA) is 0 Å². The maximum Gasteiger partial charge on any atom is 0.417 e. The molecule has 0 N–H and O–H groups in total. The average molecular weight is 384 g/mol.